The first kappa shape index (κ1) is 21.7. The van der Waals surface area contributed by atoms with Gasteiger partial charge in [-0.25, -0.2) is 0 Å². The maximum absolute atomic E-state index is 12.8. The molecule has 1 heterocycles. The molecule has 0 aliphatic heterocycles. The molecule has 0 radical (unpaired) electrons. The number of nitrogens with zero attached hydrogens (tertiary/aromatic N) is 2. The molecular formula is C22H24ClN3O4. The van der Waals surface area contributed by atoms with Crippen molar-refractivity contribution in [1.82, 2.24) is 15.1 Å². The highest BCUT2D eigenvalue weighted by atomic mass is 35.5. The Labute approximate surface area is 180 Å². The standard InChI is InChI=1S/C22H24ClN3O4/c1-26-19(12-18(25-26)16-11-14(28-2)9-10-20(16)29-3)22(27)24-13-21(30-4)15-7-5-6-8-17(15)23/h5-12,21H,13H2,1-4H3,(H,24,27). The lowest BCUT2D eigenvalue weighted by Gasteiger charge is -2.17. The van der Waals surface area contributed by atoms with E-state index in [2.05, 4.69) is 10.4 Å². The van der Waals surface area contributed by atoms with Gasteiger partial charge in [0.1, 0.15) is 23.3 Å². The number of aryl methyl sites for hydroxylation is 1. The molecule has 0 saturated heterocycles. The van der Waals surface area contributed by atoms with Crippen LogP contribution in [0.25, 0.3) is 11.3 Å². The van der Waals surface area contributed by atoms with E-state index in [1.807, 2.05) is 24.3 Å². The molecule has 1 atom stereocenters. The van der Waals surface area contributed by atoms with Crippen molar-refractivity contribution in [1.29, 1.82) is 0 Å². The van der Waals surface area contributed by atoms with Gasteiger partial charge in [0, 0.05) is 36.9 Å². The van der Waals surface area contributed by atoms with Crippen LogP contribution in [0.4, 0.5) is 0 Å². The monoisotopic (exact) mass is 429 g/mol. The van der Waals surface area contributed by atoms with Gasteiger partial charge in [-0.3, -0.25) is 9.48 Å². The molecule has 0 aliphatic rings. The van der Waals surface area contributed by atoms with E-state index in [4.69, 9.17) is 25.8 Å². The molecule has 1 N–H and O–H groups in total. The fraction of sp³-hybridized carbons (Fsp3) is 0.273. The number of carbonyl (C=O) groups is 1. The first-order valence-corrected chi connectivity index (χ1v) is 9.68. The topological polar surface area (TPSA) is 74.6 Å². The number of methoxy groups -OCH3 is 3. The molecule has 1 unspecified atom stereocenters. The molecule has 2 aromatic carbocycles. The van der Waals surface area contributed by atoms with Gasteiger partial charge in [0.25, 0.3) is 5.91 Å². The van der Waals surface area contributed by atoms with Gasteiger partial charge in [0.15, 0.2) is 0 Å². The number of carbonyl (C=O) groups excluding carboxylic acids is 1. The molecule has 8 heteroatoms. The van der Waals surface area contributed by atoms with E-state index in [9.17, 15) is 4.79 Å². The number of aromatic nitrogens is 2. The number of halogens is 1. The number of nitrogens with one attached hydrogen (secondary N) is 1. The number of ether oxygens (including phenoxy) is 3. The van der Waals surface area contributed by atoms with E-state index >= 15 is 0 Å². The Hall–Kier alpha value is -3.03. The Bertz CT molecular complexity index is 1030. The van der Waals surface area contributed by atoms with Crippen molar-refractivity contribution in [3.05, 3.63) is 64.8 Å². The van der Waals surface area contributed by atoms with Gasteiger partial charge in [-0.05, 0) is 30.3 Å². The first-order valence-electron chi connectivity index (χ1n) is 9.30. The predicted octanol–water partition coefficient (Wildman–Crippen LogP) is 3.88. The van der Waals surface area contributed by atoms with Crippen molar-refractivity contribution < 1.29 is 19.0 Å². The summed E-state index contributed by atoms with van der Waals surface area (Å²) in [6.07, 6.45) is -0.367. The second kappa shape index (κ2) is 9.65. The van der Waals surface area contributed by atoms with Gasteiger partial charge in [0.2, 0.25) is 0 Å². The summed E-state index contributed by atoms with van der Waals surface area (Å²) < 4.78 is 17.8. The second-order valence-corrected chi connectivity index (χ2v) is 6.97. The summed E-state index contributed by atoms with van der Waals surface area (Å²) in [6.45, 7) is 0.266. The van der Waals surface area contributed by atoms with Crippen molar-refractivity contribution in [3.63, 3.8) is 0 Å². The average Bonchev–Trinajstić information content (AvgIpc) is 3.16. The van der Waals surface area contributed by atoms with E-state index in [0.29, 0.717) is 27.9 Å². The van der Waals surface area contributed by atoms with Crippen molar-refractivity contribution in [2.45, 2.75) is 6.10 Å². The van der Waals surface area contributed by atoms with E-state index in [1.54, 1.807) is 52.6 Å². The van der Waals surface area contributed by atoms with Crippen LogP contribution in [0.15, 0.2) is 48.5 Å². The van der Waals surface area contributed by atoms with Gasteiger partial charge in [-0.2, -0.15) is 5.10 Å². The van der Waals surface area contributed by atoms with Crippen molar-refractivity contribution in [2.75, 3.05) is 27.9 Å². The van der Waals surface area contributed by atoms with Crippen LogP contribution in [0.2, 0.25) is 5.02 Å². The van der Waals surface area contributed by atoms with E-state index in [1.165, 1.54) is 4.68 Å². The smallest absolute Gasteiger partial charge is 0.269 e. The molecule has 3 rings (SSSR count). The van der Waals surface area contributed by atoms with Crippen LogP contribution in [0.3, 0.4) is 0 Å². The second-order valence-electron chi connectivity index (χ2n) is 6.56. The summed E-state index contributed by atoms with van der Waals surface area (Å²) in [7, 11) is 6.47. The summed E-state index contributed by atoms with van der Waals surface area (Å²) >= 11 is 6.25. The van der Waals surface area contributed by atoms with Crippen molar-refractivity contribution in [3.8, 4) is 22.8 Å². The molecule has 1 amide bonds. The maximum atomic E-state index is 12.8. The molecule has 30 heavy (non-hydrogen) atoms. The third-order valence-electron chi connectivity index (χ3n) is 4.78. The van der Waals surface area contributed by atoms with E-state index in [-0.39, 0.29) is 18.6 Å². The number of amides is 1. The van der Waals surface area contributed by atoms with Crippen LogP contribution in [0, 0.1) is 0 Å². The molecule has 1 aromatic heterocycles. The zero-order valence-electron chi connectivity index (χ0n) is 17.3. The number of hydrogen-bond acceptors (Lipinski definition) is 5. The molecule has 0 aliphatic carbocycles. The zero-order chi connectivity index (χ0) is 21.7. The Kier molecular flexibility index (Phi) is 6.97. The van der Waals surface area contributed by atoms with Gasteiger partial charge >= 0.3 is 0 Å². The Morgan fingerprint density at radius 1 is 1.13 bits per heavy atom. The summed E-state index contributed by atoms with van der Waals surface area (Å²) in [6, 6.07) is 14.5. The van der Waals surface area contributed by atoms with Crippen LogP contribution in [-0.4, -0.2) is 43.6 Å². The molecule has 0 fully saturated rings. The predicted molar refractivity (Wildman–Crippen MR) is 115 cm³/mol. The number of hydrogen-bond donors (Lipinski definition) is 1. The maximum Gasteiger partial charge on any atom is 0.269 e. The minimum absolute atomic E-state index is 0.266. The molecule has 0 saturated carbocycles. The minimum atomic E-state index is -0.367. The van der Waals surface area contributed by atoms with Crippen LogP contribution in [0.1, 0.15) is 22.2 Å². The van der Waals surface area contributed by atoms with Crippen LogP contribution >= 0.6 is 11.6 Å². The molecule has 0 spiro atoms. The van der Waals surface area contributed by atoms with E-state index < -0.39 is 0 Å². The molecular weight excluding hydrogens is 406 g/mol. The third-order valence-corrected chi connectivity index (χ3v) is 5.12. The third kappa shape index (κ3) is 4.58. The quantitative estimate of drug-likeness (QED) is 0.588. The van der Waals surface area contributed by atoms with Crippen molar-refractivity contribution >= 4 is 17.5 Å². The molecule has 0 bridgehead atoms. The van der Waals surface area contributed by atoms with Gasteiger partial charge in [0.05, 0.1) is 19.9 Å². The van der Waals surface area contributed by atoms with Crippen molar-refractivity contribution in [2.24, 2.45) is 7.05 Å². The fourth-order valence-electron chi connectivity index (χ4n) is 3.16. The number of benzene rings is 2. The Morgan fingerprint density at radius 3 is 2.57 bits per heavy atom. The van der Waals surface area contributed by atoms with Gasteiger partial charge < -0.3 is 19.5 Å². The van der Waals surface area contributed by atoms with Crippen LogP contribution in [-0.2, 0) is 11.8 Å². The Balaban J connectivity index is 1.80. The van der Waals surface area contributed by atoms with Gasteiger partial charge in [-0.15, -0.1) is 0 Å². The lowest BCUT2D eigenvalue weighted by Crippen LogP contribution is -2.30. The lowest BCUT2D eigenvalue weighted by atomic mass is 10.1. The highest BCUT2D eigenvalue weighted by Crippen LogP contribution is 2.33. The van der Waals surface area contributed by atoms with E-state index in [0.717, 1.165) is 11.1 Å². The Morgan fingerprint density at radius 2 is 1.90 bits per heavy atom. The SMILES string of the molecule is COc1ccc(OC)c(-c2cc(C(=O)NCC(OC)c3ccccc3Cl)n(C)n2)c1. The lowest BCUT2D eigenvalue weighted by molar-refractivity contribution is 0.0821. The zero-order valence-corrected chi connectivity index (χ0v) is 18.1. The summed E-state index contributed by atoms with van der Waals surface area (Å²) in [5, 5.41) is 7.96. The fourth-order valence-corrected chi connectivity index (χ4v) is 3.42. The summed E-state index contributed by atoms with van der Waals surface area (Å²) in [4.78, 5) is 12.8. The molecule has 3 aromatic rings. The first-order chi connectivity index (χ1) is 14.5. The van der Waals surface area contributed by atoms with Gasteiger partial charge in [-0.1, -0.05) is 29.8 Å². The molecule has 7 nitrogen and oxygen atoms in total. The minimum Gasteiger partial charge on any atom is -0.497 e. The number of rotatable bonds is 8. The largest absolute Gasteiger partial charge is 0.497 e. The molecule has 158 valence electrons. The average molecular weight is 430 g/mol. The summed E-state index contributed by atoms with van der Waals surface area (Å²) in [5.41, 5.74) is 2.56. The van der Waals surface area contributed by atoms with Crippen LogP contribution < -0.4 is 14.8 Å². The highest BCUT2D eigenvalue weighted by Gasteiger charge is 2.20. The normalized spacial score (nSPS) is 11.8. The summed E-state index contributed by atoms with van der Waals surface area (Å²) in [5.74, 6) is 1.04. The highest BCUT2D eigenvalue weighted by molar-refractivity contribution is 6.31. The van der Waals surface area contributed by atoms with Crippen LogP contribution in [0.5, 0.6) is 11.5 Å².